The summed E-state index contributed by atoms with van der Waals surface area (Å²) in [5.41, 5.74) is -0.115. The van der Waals surface area contributed by atoms with E-state index in [-0.39, 0.29) is 30.4 Å². The number of hydrogen-bond donors (Lipinski definition) is 3. The molecule has 0 amide bonds. The SMILES string of the molecule is COC(CO)CCn1cc(CO)c(=O)[nH]c1=S. The fourth-order valence-electron chi connectivity index (χ4n) is 1.40. The first-order valence-electron chi connectivity index (χ1n) is 5.19. The molecule has 1 heterocycles. The van der Waals surface area contributed by atoms with Crippen molar-refractivity contribution in [3.63, 3.8) is 0 Å². The van der Waals surface area contributed by atoms with Crippen LogP contribution in [0.3, 0.4) is 0 Å². The Morgan fingerprint density at radius 3 is 2.82 bits per heavy atom. The second-order valence-corrected chi connectivity index (χ2v) is 3.98. The van der Waals surface area contributed by atoms with Gasteiger partial charge in [0, 0.05) is 19.9 Å². The minimum atomic E-state index is -0.376. The first-order valence-corrected chi connectivity index (χ1v) is 5.60. The van der Waals surface area contributed by atoms with E-state index in [2.05, 4.69) is 4.98 Å². The van der Waals surface area contributed by atoms with E-state index in [4.69, 9.17) is 27.2 Å². The number of aliphatic hydroxyl groups is 2. The molecule has 0 aliphatic heterocycles. The Hall–Kier alpha value is -1.02. The summed E-state index contributed by atoms with van der Waals surface area (Å²) in [5, 5.41) is 17.9. The molecule has 3 N–H and O–H groups in total. The third kappa shape index (κ3) is 3.74. The van der Waals surface area contributed by atoms with Crippen LogP contribution in [0.5, 0.6) is 0 Å². The maximum absolute atomic E-state index is 11.3. The Labute approximate surface area is 103 Å². The van der Waals surface area contributed by atoms with Crippen LogP contribution >= 0.6 is 12.2 Å². The summed E-state index contributed by atoms with van der Waals surface area (Å²) < 4.78 is 6.96. The smallest absolute Gasteiger partial charge is 0.257 e. The quantitative estimate of drug-likeness (QED) is 0.616. The maximum Gasteiger partial charge on any atom is 0.257 e. The lowest BCUT2D eigenvalue weighted by atomic mass is 10.2. The molecule has 96 valence electrons. The van der Waals surface area contributed by atoms with Gasteiger partial charge in [0.05, 0.1) is 24.9 Å². The lowest BCUT2D eigenvalue weighted by molar-refractivity contribution is 0.0402. The van der Waals surface area contributed by atoms with Crippen molar-refractivity contribution < 1.29 is 14.9 Å². The third-order valence-electron chi connectivity index (χ3n) is 2.48. The molecule has 1 aromatic rings. The molecule has 0 aliphatic carbocycles. The van der Waals surface area contributed by atoms with E-state index in [1.165, 1.54) is 13.3 Å². The fourth-order valence-corrected chi connectivity index (χ4v) is 1.64. The molecule has 0 radical (unpaired) electrons. The van der Waals surface area contributed by atoms with E-state index in [0.717, 1.165) is 0 Å². The van der Waals surface area contributed by atoms with E-state index >= 15 is 0 Å². The first kappa shape index (κ1) is 14.0. The highest BCUT2D eigenvalue weighted by atomic mass is 32.1. The zero-order chi connectivity index (χ0) is 12.8. The van der Waals surface area contributed by atoms with Gasteiger partial charge < -0.3 is 19.5 Å². The first-order chi connectivity index (χ1) is 8.12. The number of nitrogens with zero attached hydrogens (tertiary/aromatic N) is 1. The van der Waals surface area contributed by atoms with Crippen LogP contribution in [0.4, 0.5) is 0 Å². The van der Waals surface area contributed by atoms with Crippen molar-refractivity contribution in [1.29, 1.82) is 0 Å². The van der Waals surface area contributed by atoms with Crippen molar-refractivity contribution >= 4 is 12.2 Å². The second-order valence-electron chi connectivity index (χ2n) is 3.59. The molecular formula is C10H16N2O4S. The van der Waals surface area contributed by atoms with Gasteiger partial charge in [-0.05, 0) is 18.6 Å². The Morgan fingerprint density at radius 2 is 2.29 bits per heavy atom. The van der Waals surface area contributed by atoms with Crippen molar-refractivity contribution in [3.05, 3.63) is 26.9 Å². The Bertz CT molecular complexity index is 464. The van der Waals surface area contributed by atoms with E-state index in [9.17, 15) is 4.79 Å². The van der Waals surface area contributed by atoms with Gasteiger partial charge in [0.15, 0.2) is 4.77 Å². The monoisotopic (exact) mass is 260 g/mol. The molecule has 0 aliphatic rings. The van der Waals surface area contributed by atoms with Gasteiger partial charge in [-0.2, -0.15) is 0 Å². The topological polar surface area (TPSA) is 87.5 Å². The lowest BCUT2D eigenvalue weighted by Crippen LogP contribution is -2.22. The second kappa shape index (κ2) is 6.65. The van der Waals surface area contributed by atoms with Crippen LogP contribution in [-0.2, 0) is 17.9 Å². The van der Waals surface area contributed by atoms with Crippen LogP contribution in [0.1, 0.15) is 12.0 Å². The van der Waals surface area contributed by atoms with Crippen LogP contribution in [-0.4, -0.2) is 39.6 Å². The average Bonchev–Trinajstić information content (AvgIpc) is 2.32. The summed E-state index contributed by atoms with van der Waals surface area (Å²) >= 11 is 4.99. The lowest BCUT2D eigenvalue weighted by Gasteiger charge is -2.13. The van der Waals surface area contributed by atoms with Gasteiger partial charge in [0.25, 0.3) is 5.56 Å². The molecular weight excluding hydrogens is 244 g/mol. The molecule has 0 spiro atoms. The molecule has 17 heavy (non-hydrogen) atoms. The number of H-pyrrole nitrogens is 1. The summed E-state index contributed by atoms with van der Waals surface area (Å²) in [6.07, 6.45) is 1.82. The van der Waals surface area contributed by atoms with E-state index in [0.29, 0.717) is 17.7 Å². The number of aryl methyl sites for hydroxylation is 1. The van der Waals surface area contributed by atoms with Crippen molar-refractivity contribution in [2.75, 3.05) is 13.7 Å². The standard InChI is InChI=1S/C10H16N2O4S/c1-16-8(6-14)2-3-12-4-7(5-13)9(15)11-10(12)17/h4,8,13-14H,2-3,5-6H2,1H3,(H,11,15,17). The Kier molecular flexibility index (Phi) is 5.49. The molecule has 1 rings (SSSR count). The van der Waals surface area contributed by atoms with Crippen molar-refractivity contribution in [2.24, 2.45) is 0 Å². The maximum atomic E-state index is 11.3. The van der Waals surface area contributed by atoms with Crippen molar-refractivity contribution in [3.8, 4) is 0 Å². The van der Waals surface area contributed by atoms with Gasteiger partial charge in [-0.3, -0.25) is 9.78 Å². The number of hydrogen-bond acceptors (Lipinski definition) is 5. The van der Waals surface area contributed by atoms with Gasteiger partial charge in [-0.25, -0.2) is 0 Å². The molecule has 0 aromatic carbocycles. The molecule has 6 nitrogen and oxygen atoms in total. The molecule has 0 bridgehead atoms. The van der Waals surface area contributed by atoms with Gasteiger partial charge >= 0.3 is 0 Å². The van der Waals surface area contributed by atoms with Gasteiger partial charge in [0.2, 0.25) is 0 Å². The van der Waals surface area contributed by atoms with Gasteiger partial charge in [-0.1, -0.05) is 0 Å². The molecule has 7 heteroatoms. The minimum Gasteiger partial charge on any atom is -0.394 e. The number of aromatic nitrogens is 2. The molecule has 0 saturated carbocycles. The van der Waals surface area contributed by atoms with Crippen molar-refractivity contribution in [2.45, 2.75) is 25.7 Å². The number of rotatable bonds is 6. The summed E-state index contributed by atoms with van der Waals surface area (Å²) in [7, 11) is 1.52. The normalized spacial score (nSPS) is 12.6. The van der Waals surface area contributed by atoms with Crippen LogP contribution in [0.2, 0.25) is 0 Å². The fraction of sp³-hybridized carbons (Fsp3) is 0.600. The number of aromatic amines is 1. The van der Waals surface area contributed by atoms with Crippen LogP contribution < -0.4 is 5.56 Å². The zero-order valence-corrected chi connectivity index (χ0v) is 10.4. The van der Waals surface area contributed by atoms with Crippen LogP contribution in [0, 0.1) is 4.77 Å². The Morgan fingerprint density at radius 1 is 1.59 bits per heavy atom. The molecule has 1 atom stereocenters. The predicted octanol–water partition coefficient (Wildman–Crippen LogP) is -0.204. The predicted molar refractivity (Wildman–Crippen MR) is 64.3 cm³/mol. The largest absolute Gasteiger partial charge is 0.394 e. The number of ether oxygens (including phenoxy) is 1. The summed E-state index contributed by atoms with van der Waals surface area (Å²) in [5.74, 6) is 0. The van der Waals surface area contributed by atoms with E-state index in [1.54, 1.807) is 4.57 Å². The van der Waals surface area contributed by atoms with Crippen molar-refractivity contribution in [1.82, 2.24) is 9.55 Å². The molecule has 0 fully saturated rings. The van der Waals surface area contributed by atoms with E-state index < -0.39 is 0 Å². The van der Waals surface area contributed by atoms with Crippen LogP contribution in [0.25, 0.3) is 0 Å². The zero-order valence-electron chi connectivity index (χ0n) is 9.55. The molecule has 1 aromatic heterocycles. The molecule has 1 unspecified atom stereocenters. The van der Waals surface area contributed by atoms with E-state index in [1.807, 2.05) is 0 Å². The highest BCUT2D eigenvalue weighted by Gasteiger charge is 2.07. The van der Waals surface area contributed by atoms with Gasteiger partial charge in [0.1, 0.15) is 0 Å². The third-order valence-corrected chi connectivity index (χ3v) is 2.82. The average molecular weight is 260 g/mol. The Balaban J connectivity index is 2.84. The number of methoxy groups -OCH3 is 1. The molecule has 0 saturated heterocycles. The van der Waals surface area contributed by atoms with Crippen LogP contribution in [0.15, 0.2) is 11.0 Å². The summed E-state index contributed by atoms with van der Waals surface area (Å²) in [4.78, 5) is 13.8. The number of aliphatic hydroxyl groups excluding tert-OH is 2. The highest BCUT2D eigenvalue weighted by molar-refractivity contribution is 7.71. The summed E-state index contributed by atoms with van der Waals surface area (Å²) in [6, 6.07) is 0. The summed E-state index contributed by atoms with van der Waals surface area (Å²) in [6.45, 7) is 0.0976. The minimum absolute atomic E-state index is 0.0694. The highest BCUT2D eigenvalue weighted by Crippen LogP contribution is 2.01. The van der Waals surface area contributed by atoms with Gasteiger partial charge in [-0.15, -0.1) is 0 Å². The number of nitrogens with one attached hydrogen (secondary N) is 1.